The Morgan fingerprint density at radius 3 is 2.59 bits per heavy atom. The molecular formula is C10H15NO5S. The number of carbonyl (C=O) groups is 1. The predicted octanol–water partition coefficient (Wildman–Crippen LogP) is 0.216. The van der Waals surface area contributed by atoms with Gasteiger partial charge in [0.2, 0.25) is 0 Å². The molecule has 0 fully saturated rings. The average molecular weight is 261 g/mol. The Balaban J connectivity index is 2.63. The molecular weight excluding hydrogens is 246 g/mol. The SMILES string of the molecule is CCOC(=O)CS(=O)(=O)Cc1ccc(CN)o1. The smallest absolute Gasteiger partial charge is 0.321 e. The molecule has 0 saturated heterocycles. The maximum atomic E-state index is 11.6. The summed E-state index contributed by atoms with van der Waals surface area (Å²) in [5.41, 5.74) is 5.33. The average Bonchev–Trinajstić information content (AvgIpc) is 2.63. The van der Waals surface area contributed by atoms with E-state index in [4.69, 9.17) is 10.2 Å². The molecule has 1 heterocycles. The molecule has 17 heavy (non-hydrogen) atoms. The van der Waals surface area contributed by atoms with Gasteiger partial charge in [0.15, 0.2) is 9.84 Å². The molecule has 0 aromatic carbocycles. The van der Waals surface area contributed by atoms with Crippen LogP contribution in [0.3, 0.4) is 0 Å². The van der Waals surface area contributed by atoms with E-state index in [-0.39, 0.29) is 24.7 Å². The number of rotatable bonds is 6. The number of ether oxygens (including phenoxy) is 1. The fourth-order valence-electron chi connectivity index (χ4n) is 1.26. The van der Waals surface area contributed by atoms with Gasteiger partial charge in [-0.3, -0.25) is 4.79 Å². The Bertz CT molecular complexity index is 477. The zero-order valence-electron chi connectivity index (χ0n) is 9.51. The highest BCUT2D eigenvalue weighted by Crippen LogP contribution is 2.11. The third-order valence-electron chi connectivity index (χ3n) is 1.92. The van der Waals surface area contributed by atoms with Crippen LogP contribution in [0.15, 0.2) is 16.5 Å². The van der Waals surface area contributed by atoms with Crippen LogP contribution < -0.4 is 5.73 Å². The van der Waals surface area contributed by atoms with Gasteiger partial charge in [0, 0.05) is 0 Å². The molecule has 1 aromatic heterocycles. The van der Waals surface area contributed by atoms with Crippen molar-refractivity contribution in [2.24, 2.45) is 5.73 Å². The van der Waals surface area contributed by atoms with Crippen molar-refractivity contribution < 1.29 is 22.4 Å². The first kappa shape index (κ1) is 13.7. The Labute approximate surface area is 99.7 Å². The van der Waals surface area contributed by atoms with Crippen molar-refractivity contribution >= 4 is 15.8 Å². The maximum Gasteiger partial charge on any atom is 0.321 e. The van der Waals surface area contributed by atoms with Crippen LogP contribution in [0.1, 0.15) is 18.4 Å². The second kappa shape index (κ2) is 5.83. The molecule has 1 aromatic rings. The Morgan fingerprint density at radius 2 is 2.06 bits per heavy atom. The molecule has 0 aliphatic heterocycles. The quantitative estimate of drug-likeness (QED) is 0.735. The van der Waals surface area contributed by atoms with Gasteiger partial charge in [0.05, 0.1) is 13.2 Å². The summed E-state index contributed by atoms with van der Waals surface area (Å²) in [5.74, 6) is -0.940. The van der Waals surface area contributed by atoms with Crippen LogP contribution in [0, 0.1) is 0 Å². The molecule has 0 atom stereocenters. The predicted molar refractivity (Wildman–Crippen MR) is 60.7 cm³/mol. The zero-order valence-corrected chi connectivity index (χ0v) is 10.3. The Kier molecular flexibility index (Phi) is 4.71. The number of sulfone groups is 1. The van der Waals surface area contributed by atoms with E-state index in [0.29, 0.717) is 5.76 Å². The van der Waals surface area contributed by atoms with Crippen molar-refractivity contribution in [3.05, 3.63) is 23.7 Å². The molecule has 7 heteroatoms. The van der Waals surface area contributed by atoms with Crippen molar-refractivity contribution in [2.75, 3.05) is 12.4 Å². The Morgan fingerprint density at radius 1 is 1.41 bits per heavy atom. The molecule has 2 N–H and O–H groups in total. The van der Waals surface area contributed by atoms with Gasteiger partial charge in [-0.05, 0) is 19.1 Å². The molecule has 0 aliphatic carbocycles. The molecule has 0 radical (unpaired) electrons. The number of nitrogens with two attached hydrogens (primary N) is 1. The number of furan rings is 1. The van der Waals surface area contributed by atoms with E-state index in [9.17, 15) is 13.2 Å². The molecule has 0 aliphatic rings. The lowest BCUT2D eigenvalue weighted by atomic mass is 10.4. The first-order valence-electron chi connectivity index (χ1n) is 5.10. The fraction of sp³-hybridized carbons (Fsp3) is 0.500. The summed E-state index contributed by atoms with van der Waals surface area (Å²) in [6, 6.07) is 3.14. The van der Waals surface area contributed by atoms with Gasteiger partial charge in [-0.15, -0.1) is 0 Å². The number of carbonyl (C=O) groups excluding carboxylic acids is 1. The van der Waals surface area contributed by atoms with E-state index in [2.05, 4.69) is 4.74 Å². The molecule has 0 spiro atoms. The topological polar surface area (TPSA) is 99.6 Å². The highest BCUT2D eigenvalue weighted by atomic mass is 32.2. The highest BCUT2D eigenvalue weighted by molar-refractivity contribution is 7.91. The van der Waals surface area contributed by atoms with E-state index >= 15 is 0 Å². The minimum Gasteiger partial charge on any atom is -0.465 e. The number of hydrogen-bond donors (Lipinski definition) is 1. The summed E-state index contributed by atoms with van der Waals surface area (Å²) in [7, 11) is -3.56. The molecule has 0 amide bonds. The lowest BCUT2D eigenvalue weighted by molar-refractivity contribution is -0.139. The van der Waals surface area contributed by atoms with Crippen LogP contribution >= 0.6 is 0 Å². The third kappa shape index (κ3) is 4.58. The molecule has 1 rings (SSSR count). The summed E-state index contributed by atoms with van der Waals surface area (Å²) in [4.78, 5) is 11.1. The van der Waals surface area contributed by atoms with Crippen LogP contribution in [0.5, 0.6) is 0 Å². The van der Waals surface area contributed by atoms with Gasteiger partial charge >= 0.3 is 5.97 Å². The minimum atomic E-state index is -3.56. The zero-order chi connectivity index (χ0) is 12.9. The van der Waals surface area contributed by atoms with E-state index in [1.54, 1.807) is 13.0 Å². The van der Waals surface area contributed by atoms with Crippen molar-refractivity contribution in [1.82, 2.24) is 0 Å². The number of hydrogen-bond acceptors (Lipinski definition) is 6. The van der Waals surface area contributed by atoms with Crippen LogP contribution in [-0.2, 0) is 31.7 Å². The van der Waals surface area contributed by atoms with Gasteiger partial charge < -0.3 is 14.9 Å². The summed E-state index contributed by atoms with van der Waals surface area (Å²) >= 11 is 0. The second-order valence-corrected chi connectivity index (χ2v) is 5.47. The second-order valence-electron chi connectivity index (χ2n) is 3.41. The minimum absolute atomic E-state index is 0.159. The van der Waals surface area contributed by atoms with Gasteiger partial charge in [-0.25, -0.2) is 8.42 Å². The van der Waals surface area contributed by atoms with Gasteiger partial charge in [-0.2, -0.15) is 0 Å². The molecule has 6 nitrogen and oxygen atoms in total. The van der Waals surface area contributed by atoms with E-state index in [1.807, 2.05) is 0 Å². The van der Waals surface area contributed by atoms with Gasteiger partial charge in [-0.1, -0.05) is 0 Å². The van der Waals surface area contributed by atoms with Crippen molar-refractivity contribution in [3.8, 4) is 0 Å². The monoisotopic (exact) mass is 261 g/mol. The van der Waals surface area contributed by atoms with Gasteiger partial charge in [0.25, 0.3) is 0 Å². The van der Waals surface area contributed by atoms with Crippen LogP contribution in [0.2, 0.25) is 0 Å². The highest BCUT2D eigenvalue weighted by Gasteiger charge is 2.20. The van der Waals surface area contributed by atoms with Crippen molar-refractivity contribution in [1.29, 1.82) is 0 Å². The lowest BCUT2D eigenvalue weighted by Crippen LogP contribution is -2.19. The van der Waals surface area contributed by atoms with Crippen LogP contribution in [0.4, 0.5) is 0 Å². The maximum absolute atomic E-state index is 11.6. The summed E-state index contributed by atoms with van der Waals surface area (Å²) in [6.45, 7) is 1.98. The molecule has 96 valence electrons. The van der Waals surface area contributed by atoms with E-state index in [0.717, 1.165) is 0 Å². The first-order valence-corrected chi connectivity index (χ1v) is 6.92. The third-order valence-corrected chi connectivity index (χ3v) is 3.32. The van der Waals surface area contributed by atoms with Crippen molar-refractivity contribution in [3.63, 3.8) is 0 Å². The summed E-state index contributed by atoms with van der Waals surface area (Å²) in [5, 5.41) is 0. The Hall–Kier alpha value is -1.34. The molecule has 0 unspecified atom stereocenters. The fourth-order valence-corrected chi connectivity index (χ4v) is 2.39. The largest absolute Gasteiger partial charge is 0.465 e. The first-order chi connectivity index (χ1) is 7.96. The van der Waals surface area contributed by atoms with Crippen LogP contribution in [-0.4, -0.2) is 26.7 Å². The molecule has 0 bridgehead atoms. The normalized spacial score (nSPS) is 11.4. The van der Waals surface area contributed by atoms with Gasteiger partial charge in [0.1, 0.15) is 23.0 Å². The van der Waals surface area contributed by atoms with Crippen LogP contribution in [0.25, 0.3) is 0 Å². The number of esters is 1. The standard InChI is InChI=1S/C10H15NO5S/c1-2-15-10(12)7-17(13,14)6-9-4-3-8(5-11)16-9/h3-4H,2,5-7,11H2,1H3. The van der Waals surface area contributed by atoms with E-state index < -0.39 is 21.6 Å². The van der Waals surface area contributed by atoms with Crippen molar-refractivity contribution in [2.45, 2.75) is 19.2 Å². The molecule has 0 saturated carbocycles. The van der Waals surface area contributed by atoms with E-state index in [1.165, 1.54) is 6.07 Å². The lowest BCUT2D eigenvalue weighted by Gasteiger charge is -2.02. The summed E-state index contributed by atoms with van der Waals surface area (Å²) < 4.78 is 32.9. The summed E-state index contributed by atoms with van der Waals surface area (Å²) in [6.07, 6.45) is 0.